The zero-order chi connectivity index (χ0) is 17.1. The van der Waals surface area contributed by atoms with E-state index in [1.807, 2.05) is 44.2 Å². The summed E-state index contributed by atoms with van der Waals surface area (Å²) in [5.41, 5.74) is 2.04. The molecule has 0 unspecified atom stereocenters. The number of carbonyl (C=O) groups is 1. The SMILES string of the molecule is CC(=O)N[C@@H](c1nc(-c2n[nH]nc2-c2ccccc2)no1)C(C)C. The number of amides is 1. The Bertz CT molecular complexity index is 824. The maximum Gasteiger partial charge on any atom is 0.249 e. The van der Waals surface area contributed by atoms with Crippen LogP contribution in [-0.4, -0.2) is 31.5 Å². The summed E-state index contributed by atoms with van der Waals surface area (Å²) < 4.78 is 5.35. The van der Waals surface area contributed by atoms with Gasteiger partial charge in [-0.15, -0.1) is 0 Å². The lowest BCUT2D eigenvalue weighted by molar-refractivity contribution is -0.120. The van der Waals surface area contributed by atoms with E-state index in [2.05, 4.69) is 30.9 Å². The van der Waals surface area contributed by atoms with Crippen LogP contribution in [-0.2, 0) is 4.79 Å². The van der Waals surface area contributed by atoms with Gasteiger partial charge in [-0.05, 0) is 5.92 Å². The minimum absolute atomic E-state index is 0.105. The number of aromatic amines is 1. The number of rotatable bonds is 5. The Morgan fingerprint density at radius 1 is 1.17 bits per heavy atom. The normalized spacial score (nSPS) is 12.3. The fraction of sp³-hybridized carbons (Fsp3) is 0.312. The molecular weight excluding hydrogens is 308 g/mol. The van der Waals surface area contributed by atoms with E-state index in [0.717, 1.165) is 5.56 Å². The number of hydrogen-bond donors (Lipinski definition) is 2. The molecule has 3 rings (SSSR count). The molecule has 0 saturated heterocycles. The van der Waals surface area contributed by atoms with Crippen molar-refractivity contribution < 1.29 is 9.32 Å². The van der Waals surface area contributed by atoms with Gasteiger partial charge in [0.2, 0.25) is 17.6 Å². The van der Waals surface area contributed by atoms with E-state index < -0.39 is 0 Å². The van der Waals surface area contributed by atoms with Crippen LogP contribution < -0.4 is 5.32 Å². The average molecular weight is 326 g/mol. The van der Waals surface area contributed by atoms with Gasteiger partial charge in [-0.2, -0.15) is 20.4 Å². The van der Waals surface area contributed by atoms with E-state index >= 15 is 0 Å². The van der Waals surface area contributed by atoms with Gasteiger partial charge in [0, 0.05) is 12.5 Å². The Labute approximate surface area is 138 Å². The molecule has 8 heteroatoms. The number of benzene rings is 1. The summed E-state index contributed by atoms with van der Waals surface area (Å²) in [4.78, 5) is 15.8. The van der Waals surface area contributed by atoms with Crippen molar-refractivity contribution in [3.05, 3.63) is 36.2 Å². The lowest BCUT2D eigenvalue weighted by Crippen LogP contribution is -2.29. The van der Waals surface area contributed by atoms with Crippen molar-refractivity contribution in [1.29, 1.82) is 0 Å². The van der Waals surface area contributed by atoms with Crippen molar-refractivity contribution in [2.75, 3.05) is 0 Å². The van der Waals surface area contributed by atoms with Crippen LogP contribution in [0, 0.1) is 5.92 Å². The first kappa shape index (κ1) is 15.9. The molecule has 0 aliphatic carbocycles. The van der Waals surface area contributed by atoms with Gasteiger partial charge in [-0.3, -0.25) is 4.79 Å². The highest BCUT2D eigenvalue weighted by atomic mass is 16.5. The second-order valence-electron chi connectivity index (χ2n) is 5.77. The number of hydrogen-bond acceptors (Lipinski definition) is 6. The van der Waals surface area contributed by atoms with Crippen molar-refractivity contribution in [3.63, 3.8) is 0 Å². The number of nitrogens with one attached hydrogen (secondary N) is 2. The molecule has 0 saturated carbocycles. The van der Waals surface area contributed by atoms with Crippen molar-refractivity contribution in [1.82, 2.24) is 30.9 Å². The summed E-state index contributed by atoms with van der Waals surface area (Å²) in [6.07, 6.45) is 0. The third-order valence-corrected chi connectivity index (χ3v) is 3.54. The number of H-pyrrole nitrogens is 1. The lowest BCUT2D eigenvalue weighted by atomic mass is 10.0. The van der Waals surface area contributed by atoms with E-state index in [4.69, 9.17) is 4.52 Å². The third-order valence-electron chi connectivity index (χ3n) is 3.54. The fourth-order valence-electron chi connectivity index (χ4n) is 2.37. The Balaban J connectivity index is 1.94. The van der Waals surface area contributed by atoms with E-state index in [-0.39, 0.29) is 17.9 Å². The van der Waals surface area contributed by atoms with E-state index in [1.165, 1.54) is 6.92 Å². The Kier molecular flexibility index (Phi) is 4.37. The summed E-state index contributed by atoms with van der Waals surface area (Å²) in [7, 11) is 0. The highest BCUT2D eigenvalue weighted by Gasteiger charge is 2.25. The van der Waals surface area contributed by atoms with E-state index in [1.54, 1.807) is 0 Å². The van der Waals surface area contributed by atoms with Crippen LogP contribution >= 0.6 is 0 Å². The van der Waals surface area contributed by atoms with Gasteiger partial charge in [-0.25, -0.2) is 0 Å². The molecule has 0 radical (unpaired) electrons. The molecule has 24 heavy (non-hydrogen) atoms. The second-order valence-corrected chi connectivity index (χ2v) is 5.77. The van der Waals surface area contributed by atoms with Crippen LogP contribution in [0.2, 0.25) is 0 Å². The quantitative estimate of drug-likeness (QED) is 0.745. The van der Waals surface area contributed by atoms with E-state index in [0.29, 0.717) is 23.1 Å². The predicted octanol–water partition coefficient (Wildman–Crippen LogP) is 2.35. The van der Waals surface area contributed by atoms with Crippen LogP contribution in [0.1, 0.15) is 32.7 Å². The highest BCUT2D eigenvalue weighted by Crippen LogP contribution is 2.28. The van der Waals surface area contributed by atoms with Crippen molar-refractivity contribution in [3.8, 4) is 22.8 Å². The number of nitrogens with zero attached hydrogens (tertiary/aromatic N) is 4. The summed E-state index contributed by atoms with van der Waals surface area (Å²) in [6.45, 7) is 5.39. The van der Waals surface area contributed by atoms with Gasteiger partial charge in [0.25, 0.3) is 0 Å². The Morgan fingerprint density at radius 3 is 2.54 bits per heavy atom. The summed E-state index contributed by atoms with van der Waals surface area (Å²) in [6, 6.07) is 9.27. The third kappa shape index (κ3) is 3.17. The van der Waals surface area contributed by atoms with Crippen LogP contribution in [0.25, 0.3) is 22.8 Å². The summed E-state index contributed by atoms with van der Waals surface area (Å²) >= 11 is 0. The van der Waals surface area contributed by atoms with Crippen LogP contribution in [0.5, 0.6) is 0 Å². The molecule has 2 N–H and O–H groups in total. The minimum Gasteiger partial charge on any atom is -0.344 e. The fourth-order valence-corrected chi connectivity index (χ4v) is 2.37. The molecular formula is C16H18N6O2. The second kappa shape index (κ2) is 6.61. The van der Waals surface area contributed by atoms with Gasteiger partial charge in [0.05, 0.1) is 0 Å². The van der Waals surface area contributed by atoms with Gasteiger partial charge in [-0.1, -0.05) is 49.3 Å². The molecule has 0 spiro atoms. The molecule has 1 amide bonds. The molecule has 8 nitrogen and oxygen atoms in total. The maximum atomic E-state index is 11.4. The molecule has 3 aromatic rings. The number of aromatic nitrogens is 5. The topological polar surface area (TPSA) is 110 Å². The molecule has 0 fully saturated rings. The van der Waals surface area contributed by atoms with Crippen molar-refractivity contribution in [2.24, 2.45) is 5.92 Å². The number of carbonyl (C=O) groups excluding carboxylic acids is 1. The largest absolute Gasteiger partial charge is 0.344 e. The van der Waals surface area contributed by atoms with E-state index in [9.17, 15) is 4.79 Å². The first-order valence-corrected chi connectivity index (χ1v) is 7.63. The first-order valence-electron chi connectivity index (χ1n) is 7.63. The molecule has 2 heterocycles. The van der Waals surface area contributed by atoms with Gasteiger partial charge >= 0.3 is 0 Å². The molecule has 0 aliphatic rings. The van der Waals surface area contributed by atoms with Gasteiger partial charge < -0.3 is 9.84 Å². The van der Waals surface area contributed by atoms with Crippen LogP contribution in [0.4, 0.5) is 0 Å². The van der Waals surface area contributed by atoms with Gasteiger partial charge in [0.15, 0.2) is 5.69 Å². The molecule has 2 aromatic heterocycles. The average Bonchev–Trinajstić information content (AvgIpc) is 3.22. The van der Waals surface area contributed by atoms with Crippen molar-refractivity contribution in [2.45, 2.75) is 26.8 Å². The lowest BCUT2D eigenvalue weighted by Gasteiger charge is -2.16. The Morgan fingerprint density at radius 2 is 1.88 bits per heavy atom. The summed E-state index contributed by atoms with van der Waals surface area (Å²) in [5, 5.41) is 17.7. The summed E-state index contributed by atoms with van der Waals surface area (Å²) in [5.74, 6) is 0.624. The molecule has 1 aromatic carbocycles. The monoisotopic (exact) mass is 326 g/mol. The van der Waals surface area contributed by atoms with Crippen molar-refractivity contribution >= 4 is 5.91 Å². The minimum atomic E-state index is -0.351. The van der Waals surface area contributed by atoms with Crippen LogP contribution in [0.15, 0.2) is 34.9 Å². The maximum absolute atomic E-state index is 11.4. The first-order chi connectivity index (χ1) is 11.6. The standard InChI is InChI=1S/C16H18N6O2/c1-9(2)12(17-10(3)23)16-18-15(21-24-16)14-13(19-22-20-14)11-7-5-4-6-8-11/h4-9,12H,1-3H3,(H,17,23)(H,19,20,22)/t12-/m1/s1. The highest BCUT2D eigenvalue weighted by molar-refractivity contribution is 5.74. The van der Waals surface area contributed by atoms with Crippen LogP contribution in [0.3, 0.4) is 0 Å². The smallest absolute Gasteiger partial charge is 0.249 e. The molecule has 124 valence electrons. The molecule has 0 bridgehead atoms. The zero-order valence-corrected chi connectivity index (χ0v) is 13.6. The zero-order valence-electron chi connectivity index (χ0n) is 13.6. The molecule has 0 aliphatic heterocycles. The Hall–Kier alpha value is -3.03. The molecule has 1 atom stereocenters. The predicted molar refractivity (Wildman–Crippen MR) is 86.5 cm³/mol. The van der Waals surface area contributed by atoms with Gasteiger partial charge in [0.1, 0.15) is 11.7 Å².